The molecule has 6 nitrogen and oxygen atoms in total. The first-order valence-corrected chi connectivity index (χ1v) is 9.73. The number of ether oxygens (including phenoxy) is 2. The van der Waals surface area contributed by atoms with Crippen LogP contribution in [0.15, 0.2) is 64.1 Å². The van der Waals surface area contributed by atoms with Crippen LogP contribution in [0.3, 0.4) is 0 Å². The van der Waals surface area contributed by atoms with Crippen LogP contribution in [0.2, 0.25) is 5.02 Å². The van der Waals surface area contributed by atoms with E-state index in [9.17, 15) is 4.79 Å². The van der Waals surface area contributed by atoms with Crippen molar-refractivity contribution in [1.82, 2.24) is 5.43 Å². The van der Waals surface area contributed by atoms with Crippen LogP contribution in [0, 0.1) is 0 Å². The molecule has 0 bridgehead atoms. The summed E-state index contributed by atoms with van der Waals surface area (Å²) in [5, 5.41) is 7.39. The maximum Gasteiger partial charge on any atom is 0.307 e. The number of amides is 1. The summed E-state index contributed by atoms with van der Waals surface area (Å²) in [4.78, 5) is 12.5. The molecule has 4 rings (SSSR count). The number of furan rings is 1. The van der Waals surface area contributed by atoms with Gasteiger partial charge in [-0.2, -0.15) is 5.10 Å². The zero-order valence-electron chi connectivity index (χ0n) is 16.4. The molecule has 3 aromatic carbocycles. The number of hydrogen-bond donors (Lipinski definition) is 1. The average Bonchev–Trinajstić information content (AvgIpc) is 3.20. The second-order valence-corrected chi connectivity index (χ2v) is 6.88. The number of fused-ring (bicyclic) bond motifs is 3. The number of halogens is 1. The third kappa shape index (κ3) is 3.82. The fourth-order valence-electron chi connectivity index (χ4n) is 3.22. The molecule has 1 aromatic heterocycles. The van der Waals surface area contributed by atoms with E-state index in [4.69, 9.17) is 25.5 Å². The number of benzene rings is 3. The number of carbonyl (C=O) groups excluding carboxylic acids is 1. The molecule has 0 aliphatic rings. The first kappa shape index (κ1) is 19.8. The van der Waals surface area contributed by atoms with Gasteiger partial charge in [0.1, 0.15) is 5.58 Å². The van der Waals surface area contributed by atoms with Crippen molar-refractivity contribution in [1.29, 1.82) is 0 Å². The van der Waals surface area contributed by atoms with E-state index in [1.54, 1.807) is 18.2 Å². The number of nitrogens with one attached hydrogen (secondary N) is 1. The molecule has 0 saturated heterocycles. The molecular formula is C23H19ClN2O4. The molecule has 0 unspecified atom stereocenters. The Morgan fingerprint density at radius 3 is 2.80 bits per heavy atom. The van der Waals surface area contributed by atoms with Crippen molar-refractivity contribution in [2.75, 3.05) is 13.7 Å². The number of methoxy groups -OCH3 is 1. The van der Waals surface area contributed by atoms with Crippen LogP contribution >= 0.6 is 11.6 Å². The van der Waals surface area contributed by atoms with Gasteiger partial charge in [0.15, 0.2) is 17.3 Å². The van der Waals surface area contributed by atoms with Crippen molar-refractivity contribution in [3.8, 4) is 11.5 Å². The maximum atomic E-state index is 12.5. The van der Waals surface area contributed by atoms with Crippen LogP contribution in [-0.2, 0) is 0 Å². The molecule has 1 amide bonds. The van der Waals surface area contributed by atoms with E-state index >= 15 is 0 Å². The Kier molecular flexibility index (Phi) is 5.59. The molecular weight excluding hydrogens is 404 g/mol. The summed E-state index contributed by atoms with van der Waals surface area (Å²) in [7, 11) is 1.53. The molecule has 30 heavy (non-hydrogen) atoms. The fourth-order valence-corrected chi connectivity index (χ4v) is 3.50. The van der Waals surface area contributed by atoms with Crippen LogP contribution in [0.25, 0.3) is 21.7 Å². The van der Waals surface area contributed by atoms with Gasteiger partial charge in [-0.05, 0) is 47.5 Å². The predicted molar refractivity (Wildman–Crippen MR) is 118 cm³/mol. The Balaban J connectivity index is 1.54. The molecule has 0 spiro atoms. The van der Waals surface area contributed by atoms with Gasteiger partial charge >= 0.3 is 5.91 Å². The number of hydrazone groups is 1. The smallest absolute Gasteiger partial charge is 0.307 e. The highest BCUT2D eigenvalue weighted by Crippen LogP contribution is 2.36. The lowest BCUT2D eigenvalue weighted by Crippen LogP contribution is -2.16. The summed E-state index contributed by atoms with van der Waals surface area (Å²) in [5.74, 6) is 0.690. The van der Waals surface area contributed by atoms with Gasteiger partial charge in [-0.15, -0.1) is 0 Å². The summed E-state index contributed by atoms with van der Waals surface area (Å²) >= 11 is 6.25. The molecule has 1 heterocycles. The summed E-state index contributed by atoms with van der Waals surface area (Å²) in [6.07, 6.45) is 1.47. The van der Waals surface area contributed by atoms with E-state index < -0.39 is 5.91 Å². The van der Waals surface area contributed by atoms with E-state index in [0.29, 0.717) is 34.3 Å². The molecule has 0 saturated carbocycles. The number of nitrogens with zero attached hydrogens (tertiary/aromatic N) is 1. The lowest BCUT2D eigenvalue weighted by atomic mass is 10.1. The van der Waals surface area contributed by atoms with Gasteiger partial charge < -0.3 is 13.9 Å². The Hall–Kier alpha value is -3.51. The lowest BCUT2D eigenvalue weighted by Gasteiger charge is -2.11. The van der Waals surface area contributed by atoms with E-state index in [1.807, 2.05) is 43.3 Å². The summed E-state index contributed by atoms with van der Waals surface area (Å²) in [5.41, 5.74) is 3.77. The van der Waals surface area contributed by atoms with Crippen molar-refractivity contribution in [3.63, 3.8) is 0 Å². The molecule has 0 atom stereocenters. The molecule has 7 heteroatoms. The zero-order valence-corrected chi connectivity index (χ0v) is 17.2. The topological polar surface area (TPSA) is 73.1 Å². The van der Waals surface area contributed by atoms with Crippen LogP contribution in [0.5, 0.6) is 11.5 Å². The minimum Gasteiger partial charge on any atom is -0.493 e. The molecule has 152 valence electrons. The normalized spacial score (nSPS) is 11.3. The van der Waals surface area contributed by atoms with E-state index in [-0.39, 0.29) is 5.76 Å². The second kappa shape index (κ2) is 8.47. The van der Waals surface area contributed by atoms with Crippen molar-refractivity contribution in [2.45, 2.75) is 6.92 Å². The van der Waals surface area contributed by atoms with Crippen LogP contribution in [0.4, 0.5) is 0 Å². The first-order chi connectivity index (χ1) is 14.6. The number of hydrogen-bond acceptors (Lipinski definition) is 5. The molecule has 0 fully saturated rings. The fraction of sp³-hybridized carbons (Fsp3) is 0.130. The predicted octanol–water partition coefficient (Wildman–Crippen LogP) is 5.41. The Morgan fingerprint density at radius 1 is 1.17 bits per heavy atom. The van der Waals surface area contributed by atoms with E-state index in [0.717, 1.165) is 16.2 Å². The quantitative estimate of drug-likeness (QED) is 0.333. The second-order valence-electron chi connectivity index (χ2n) is 6.48. The first-order valence-electron chi connectivity index (χ1n) is 9.35. The van der Waals surface area contributed by atoms with Crippen molar-refractivity contribution < 1.29 is 18.7 Å². The molecule has 1 N–H and O–H groups in total. The highest BCUT2D eigenvalue weighted by atomic mass is 35.5. The minimum absolute atomic E-state index is 0.181. The van der Waals surface area contributed by atoms with Gasteiger partial charge in [0.05, 0.1) is 25.0 Å². The monoisotopic (exact) mass is 422 g/mol. The van der Waals surface area contributed by atoms with E-state index in [2.05, 4.69) is 10.5 Å². The zero-order chi connectivity index (χ0) is 21.1. The van der Waals surface area contributed by atoms with Gasteiger partial charge in [0.25, 0.3) is 0 Å². The Morgan fingerprint density at radius 2 is 2.00 bits per heavy atom. The molecule has 0 radical (unpaired) electrons. The van der Waals surface area contributed by atoms with Crippen molar-refractivity contribution in [3.05, 3.63) is 70.9 Å². The lowest BCUT2D eigenvalue weighted by molar-refractivity contribution is 0.0929. The standard InChI is InChI=1S/C23H19ClN2O4/c1-3-29-22-18(24)10-14(11-20(22)28-2)13-25-26-23(27)21-12-17-16-7-5-4-6-15(16)8-9-19(17)30-21/h4-13H,3H2,1-2H3,(H,26,27)/b25-13+. The summed E-state index contributed by atoms with van der Waals surface area (Å²) in [6, 6.07) is 16.9. The van der Waals surface area contributed by atoms with Crippen LogP contribution < -0.4 is 14.9 Å². The highest BCUT2D eigenvalue weighted by Gasteiger charge is 2.14. The largest absolute Gasteiger partial charge is 0.493 e. The van der Waals surface area contributed by atoms with Crippen molar-refractivity contribution >= 4 is 45.5 Å². The third-order valence-electron chi connectivity index (χ3n) is 4.57. The van der Waals surface area contributed by atoms with E-state index in [1.165, 1.54) is 13.3 Å². The van der Waals surface area contributed by atoms with Crippen LogP contribution in [-0.4, -0.2) is 25.8 Å². The van der Waals surface area contributed by atoms with Gasteiger partial charge in [-0.1, -0.05) is 41.9 Å². The van der Waals surface area contributed by atoms with Gasteiger partial charge in [-0.3, -0.25) is 4.79 Å². The SMILES string of the molecule is CCOc1c(Cl)cc(/C=N/NC(=O)c2cc3c(ccc4ccccc43)o2)cc1OC. The Bertz CT molecular complexity index is 1260. The minimum atomic E-state index is -0.449. The summed E-state index contributed by atoms with van der Waals surface area (Å²) < 4.78 is 16.5. The van der Waals surface area contributed by atoms with Gasteiger partial charge in [-0.25, -0.2) is 5.43 Å². The molecule has 0 aliphatic heterocycles. The third-order valence-corrected chi connectivity index (χ3v) is 4.85. The van der Waals surface area contributed by atoms with Gasteiger partial charge in [0, 0.05) is 5.39 Å². The highest BCUT2D eigenvalue weighted by molar-refractivity contribution is 6.32. The molecule has 4 aromatic rings. The van der Waals surface area contributed by atoms with Crippen molar-refractivity contribution in [2.24, 2.45) is 5.10 Å². The van der Waals surface area contributed by atoms with Crippen LogP contribution in [0.1, 0.15) is 23.0 Å². The molecule has 0 aliphatic carbocycles. The average molecular weight is 423 g/mol. The summed E-state index contributed by atoms with van der Waals surface area (Å²) in [6.45, 7) is 2.33. The van der Waals surface area contributed by atoms with Gasteiger partial charge in [0.2, 0.25) is 0 Å². The number of rotatable bonds is 6. The number of carbonyl (C=O) groups is 1. The Labute approximate surface area is 178 Å². The maximum absolute atomic E-state index is 12.5.